The highest BCUT2D eigenvalue weighted by Gasteiger charge is 2.47. The van der Waals surface area contributed by atoms with Crippen molar-refractivity contribution in [1.29, 1.82) is 0 Å². The number of phenolic OH excluding ortho intramolecular Hbond substituents is 2. The number of rotatable bonds is 7. The fourth-order valence-electron chi connectivity index (χ4n) is 5.20. The molecule has 11 atom stereocenters. The Morgan fingerprint density at radius 3 is 2.23 bits per heavy atom. The average molecular weight is 611 g/mol. The molecular formula is C28H34O15. The predicted octanol–water partition coefficient (Wildman–Crippen LogP) is -1.16. The molecule has 3 aliphatic rings. The first-order valence-electron chi connectivity index (χ1n) is 13.5. The molecule has 43 heavy (non-hydrogen) atoms. The molecule has 2 aromatic carbocycles. The van der Waals surface area contributed by atoms with E-state index >= 15 is 0 Å². The van der Waals surface area contributed by atoms with E-state index in [9.17, 15) is 45.6 Å². The maximum atomic E-state index is 12.9. The van der Waals surface area contributed by atoms with Crippen LogP contribution in [0.1, 0.15) is 35.4 Å². The van der Waals surface area contributed by atoms with E-state index in [0.29, 0.717) is 5.56 Å². The third-order valence-corrected chi connectivity index (χ3v) is 7.70. The van der Waals surface area contributed by atoms with Crippen molar-refractivity contribution in [2.75, 3.05) is 13.7 Å². The molecule has 3 heterocycles. The van der Waals surface area contributed by atoms with Crippen molar-refractivity contribution in [1.82, 2.24) is 0 Å². The minimum absolute atomic E-state index is 0.0457. The van der Waals surface area contributed by atoms with E-state index in [1.807, 2.05) is 0 Å². The van der Waals surface area contributed by atoms with Crippen molar-refractivity contribution in [2.24, 2.45) is 0 Å². The van der Waals surface area contributed by atoms with Gasteiger partial charge in [-0.25, -0.2) is 0 Å². The van der Waals surface area contributed by atoms with Gasteiger partial charge < -0.3 is 69.3 Å². The molecule has 2 fully saturated rings. The summed E-state index contributed by atoms with van der Waals surface area (Å²) < 4.78 is 33.1. The predicted molar refractivity (Wildman–Crippen MR) is 141 cm³/mol. The smallest absolute Gasteiger partial charge is 0.229 e. The van der Waals surface area contributed by atoms with Gasteiger partial charge in [0.1, 0.15) is 71.6 Å². The number of fused-ring (bicyclic) bond motifs is 1. The molecule has 0 spiro atoms. The summed E-state index contributed by atoms with van der Waals surface area (Å²) in [5.41, 5.74) is 0.373. The molecule has 0 aromatic heterocycles. The Balaban J connectivity index is 1.30. The Morgan fingerprint density at radius 2 is 1.53 bits per heavy atom. The van der Waals surface area contributed by atoms with Gasteiger partial charge in [-0.3, -0.25) is 4.79 Å². The van der Waals surface area contributed by atoms with Gasteiger partial charge in [-0.05, 0) is 24.6 Å². The number of hydrogen-bond donors (Lipinski definition) is 8. The summed E-state index contributed by atoms with van der Waals surface area (Å²) >= 11 is 0. The Labute approximate surface area is 245 Å². The average Bonchev–Trinajstić information content (AvgIpc) is 2.97. The van der Waals surface area contributed by atoms with E-state index in [1.165, 1.54) is 32.2 Å². The molecule has 0 saturated carbocycles. The maximum absolute atomic E-state index is 12.9. The number of aliphatic hydroxyl groups is 6. The molecule has 0 radical (unpaired) electrons. The van der Waals surface area contributed by atoms with Gasteiger partial charge in [0.25, 0.3) is 0 Å². The SMILES string of the molecule is COc1ccc(C2CC(=O)c3c(O)cc(O[C@H]4OC(CO[C@H]5OC(C)[C@@H](O)C(O)[C@H]5O)C(O)[C@@H](O)C4O)cc3O2)cc1O. The number of aliphatic hydroxyl groups excluding tert-OH is 6. The lowest BCUT2D eigenvalue weighted by Crippen LogP contribution is -2.61. The fourth-order valence-corrected chi connectivity index (χ4v) is 5.20. The Kier molecular flexibility index (Phi) is 8.99. The summed E-state index contributed by atoms with van der Waals surface area (Å²) in [7, 11) is 1.39. The number of Topliss-reactive ketones (excluding diaryl/α,β-unsaturated/α-hetero) is 1. The molecule has 8 N–H and O–H groups in total. The van der Waals surface area contributed by atoms with E-state index in [4.69, 9.17) is 28.4 Å². The Morgan fingerprint density at radius 1 is 0.837 bits per heavy atom. The van der Waals surface area contributed by atoms with Gasteiger partial charge in [0, 0.05) is 12.1 Å². The van der Waals surface area contributed by atoms with E-state index < -0.39 is 85.7 Å². The standard InChI is InChI=1S/C28H34O15/c1-10-21(32)23(34)25(36)27(40-10)39-9-19-22(33)24(35)26(37)28(43-19)41-12-6-14(30)20-15(31)8-17(42-18(20)7-12)11-3-4-16(38-2)13(29)5-11/h3-7,10,17,19,21-30,32-37H,8-9H2,1-2H3/t10?,17?,19?,21-,22?,23?,24-,25-,26?,27+,28+/m1/s1. The zero-order chi connectivity index (χ0) is 31.2. The third kappa shape index (κ3) is 6.08. The van der Waals surface area contributed by atoms with Gasteiger partial charge in [-0.2, -0.15) is 0 Å². The van der Waals surface area contributed by atoms with Gasteiger partial charge in [0.15, 0.2) is 23.6 Å². The van der Waals surface area contributed by atoms with Crippen LogP contribution in [0.4, 0.5) is 0 Å². The number of carbonyl (C=O) groups is 1. The Hall–Kier alpha value is -3.25. The van der Waals surface area contributed by atoms with Crippen LogP contribution in [0.15, 0.2) is 30.3 Å². The molecular weight excluding hydrogens is 576 g/mol. The second-order valence-electron chi connectivity index (χ2n) is 10.6. The zero-order valence-electron chi connectivity index (χ0n) is 23.1. The molecule has 236 valence electrons. The van der Waals surface area contributed by atoms with Crippen LogP contribution in [-0.2, 0) is 14.2 Å². The molecule has 5 rings (SSSR count). The summed E-state index contributed by atoms with van der Waals surface area (Å²) in [6, 6.07) is 6.90. The molecule has 0 aliphatic carbocycles. The van der Waals surface area contributed by atoms with E-state index in [2.05, 4.69) is 0 Å². The lowest BCUT2D eigenvalue weighted by molar-refractivity contribution is -0.318. The van der Waals surface area contributed by atoms with E-state index in [0.717, 1.165) is 6.07 Å². The van der Waals surface area contributed by atoms with Gasteiger partial charge in [-0.15, -0.1) is 0 Å². The summed E-state index contributed by atoms with van der Waals surface area (Å²) in [6.45, 7) is 0.964. The molecule has 2 saturated heterocycles. The number of benzene rings is 2. The van der Waals surface area contributed by atoms with Crippen molar-refractivity contribution in [3.8, 4) is 28.7 Å². The first-order chi connectivity index (χ1) is 20.4. The lowest BCUT2D eigenvalue weighted by Gasteiger charge is -2.42. The second kappa shape index (κ2) is 12.4. The summed E-state index contributed by atoms with van der Waals surface area (Å²) in [4.78, 5) is 12.9. The van der Waals surface area contributed by atoms with Crippen molar-refractivity contribution >= 4 is 5.78 Å². The van der Waals surface area contributed by atoms with Crippen LogP contribution >= 0.6 is 0 Å². The number of methoxy groups -OCH3 is 1. The quantitative estimate of drug-likeness (QED) is 0.185. The molecule has 0 amide bonds. The van der Waals surface area contributed by atoms with Crippen LogP contribution in [-0.4, -0.2) is 122 Å². The highest BCUT2D eigenvalue weighted by Crippen LogP contribution is 2.43. The van der Waals surface area contributed by atoms with E-state index in [-0.39, 0.29) is 35.0 Å². The van der Waals surface area contributed by atoms with Crippen molar-refractivity contribution in [3.05, 3.63) is 41.5 Å². The van der Waals surface area contributed by atoms with Gasteiger partial charge >= 0.3 is 0 Å². The van der Waals surface area contributed by atoms with Crippen LogP contribution in [0.5, 0.6) is 28.7 Å². The number of hydrogen-bond acceptors (Lipinski definition) is 15. The normalized spacial score (nSPS) is 36.0. The Bertz CT molecular complexity index is 1320. The van der Waals surface area contributed by atoms with Crippen LogP contribution in [0, 0.1) is 0 Å². The zero-order valence-corrected chi connectivity index (χ0v) is 23.1. The first-order valence-corrected chi connectivity index (χ1v) is 13.5. The highest BCUT2D eigenvalue weighted by atomic mass is 16.7. The molecule has 15 nitrogen and oxygen atoms in total. The van der Waals surface area contributed by atoms with Crippen LogP contribution in [0.3, 0.4) is 0 Å². The number of ether oxygens (including phenoxy) is 6. The molecule has 2 aromatic rings. The minimum Gasteiger partial charge on any atom is -0.507 e. The van der Waals surface area contributed by atoms with Crippen molar-refractivity contribution in [2.45, 2.75) is 80.9 Å². The first kappa shape index (κ1) is 31.2. The van der Waals surface area contributed by atoms with E-state index in [1.54, 1.807) is 6.07 Å². The molecule has 0 bridgehead atoms. The summed E-state index contributed by atoms with van der Waals surface area (Å²) in [5, 5.41) is 82.2. The van der Waals surface area contributed by atoms with Gasteiger partial charge in [0.2, 0.25) is 6.29 Å². The van der Waals surface area contributed by atoms with Crippen LogP contribution in [0.25, 0.3) is 0 Å². The summed E-state index contributed by atoms with van der Waals surface area (Å²) in [6.07, 6.45) is -15.9. The van der Waals surface area contributed by atoms with Crippen molar-refractivity contribution < 1.29 is 74.1 Å². The largest absolute Gasteiger partial charge is 0.507 e. The number of aromatic hydroxyl groups is 2. The van der Waals surface area contributed by atoms with Gasteiger partial charge in [0.05, 0.1) is 26.2 Å². The third-order valence-electron chi connectivity index (χ3n) is 7.70. The number of phenols is 2. The number of carbonyl (C=O) groups excluding carboxylic acids is 1. The van der Waals surface area contributed by atoms with Gasteiger partial charge in [-0.1, -0.05) is 6.07 Å². The topological polar surface area (TPSA) is 234 Å². The number of ketones is 1. The summed E-state index contributed by atoms with van der Waals surface area (Å²) in [5.74, 6) is -0.999. The second-order valence-corrected chi connectivity index (χ2v) is 10.6. The molecule has 15 heteroatoms. The van der Waals surface area contributed by atoms with Crippen LogP contribution < -0.4 is 14.2 Å². The molecule has 3 aliphatic heterocycles. The monoisotopic (exact) mass is 610 g/mol. The lowest BCUT2D eigenvalue weighted by atomic mass is 9.95. The minimum atomic E-state index is -1.77. The van der Waals surface area contributed by atoms with Crippen molar-refractivity contribution in [3.63, 3.8) is 0 Å². The fraction of sp³-hybridized carbons (Fsp3) is 0.536. The maximum Gasteiger partial charge on any atom is 0.229 e. The highest BCUT2D eigenvalue weighted by molar-refractivity contribution is 6.02. The van der Waals surface area contributed by atoms with Crippen LogP contribution in [0.2, 0.25) is 0 Å². The molecule has 6 unspecified atom stereocenters.